The summed E-state index contributed by atoms with van der Waals surface area (Å²) in [6, 6.07) is 1.63. The van der Waals surface area contributed by atoms with Crippen molar-refractivity contribution in [1.29, 1.82) is 0 Å². The molecule has 1 amide bonds. The molecule has 94 valence electrons. The van der Waals surface area contributed by atoms with Gasteiger partial charge in [0.05, 0.1) is 24.7 Å². The van der Waals surface area contributed by atoms with E-state index in [-0.39, 0.29) is 19.1 Å². The zero-order valence-electron chi connectivity index (χ0n) is 9.84. The van der Waals surface area contributed by atoms with Gasteiger partial charge in [-0.15, -0.1) is 0 Å². The number of anilines is 1. The number of methoxy groups -OCH3 is 1. The average Bonchev–Trinajstić information content (AvgIpc) is 2.26. The Bertz CT molecular complexity index is 370. The molecule has 0 aromatic carbocycles. The predicted molar refractivity (Wildman–Crippen MR) is 61.9 cm³/mol. The van der Waals surface area contributed by atoms with Crippen LogP contribution in [0.2, 0.25) is 0 Å². The van der Waals surface area contributed by atoms with Gasteiger partial charge in [0, 0.05) is 20.1 Å². The van der Waals surface area contributed by atoms with Gasteiger partial charge >= 0.3 is 0 Å². The van der Waals surface area contributed by atoms with E-state index in [1.54, 1.807) is 6.07 Å². The van der Waals surface area contributed by atoms with Gasteiger partial charge in [-0.05, 0) is 0 Å². The smallest absolute Gasteiger partial charge is 0.221 e. The molecule has 1 atom stereocenters. The van der Waals surface area contributed by atoms with Crippen molar-refractivity contribution in [3.05, 3.63) is 18.5 Å². The van der Waals surface area contributed by atoms with Gasteiger partial charge in [-0.3, -0.25) is 9.78 Å². The van der Waals surface area contributed by atoms with Gasteiger partial charge in [0.15, 0.2) is 0 Å². The molecule has 1 rings (SSSR count). The zero-order valence-corrected chi connectivity index (χ0v) is 9.84. The van der Waals surface area contributed by atoms with E-state index in [9.17, 15) is 9.90 Å². The Morgan fingerprint density at radius 1 is 1.53 bits per heavy atom. The van der Waals surface area contributed by atoms with Crippen molar-refractivity contribution in [2.45, 2.75) is 13.0 Å². The highest BCUT2D eigenvalue weighted by Gasteiger charge is 2.05. The minimum Gasteiger partial charge on any atom is -0.489 e. The molecule has 0 bridgehead atoms. The number of hydrogen-bond acceptors (Lipinski definition) is 5. The van der Waals surface area contributed by atoms with Gasteiger partial charge in [-0.25, -0.2) is 0 Å². The third-order valence-electron chi connectivity index (χ3n) is 1.83. The monoisotopic (exact) mass is 240 g/mol. The SMILES string of the molecule is COC[C@@H](O)COc1cncc(NC(C)=O)c1. The summed E-state index contributed by atoms with van der Waals surface area (Å²) in [7, 11) is 1.50. The van der Waals surface area contributed by atoms with E-state index in [1.165, 1.54) is 26.4 Å². The number of nitrogens with one attached hydrogen (secondary N) is 1. The quantitative estimate of drug-likeness (QED) is 0.753. The van der Waals surface area contributed by atoms with E-state index in [4.69, 9.17) is 9.47 Å². The molecule has 6 nitrogen and oxygen atoms in total. The molecular weight excluding hydrogens is 224 g/mol. The van der Waals surface area contributed by atoms with Crippen LogP contribution >= 0.6 is 0 Å². The second-order valence-corrected chi connectivity index (χ2v) is 3.51. The van der Waals surface area contributed by atoms with Crippen LogP contribution in [0.4, 0.5) is 5.69 Å². The number of aliphatic hydroxyl groups excluding tert-OH is 1. The molecule has 0 saturated carbocycles. The minimum atomic E-state index is -0.690. The fourth-order valence-corrected chi connectivity index (χ4v) is 1.20. The van der Waals surface area contributed by atoms with Crippen molar-refractivity contribution < 1.29 is 19.4 Å². The molecule has 0 fully saturated rings. The highest BCUT2D eigenvalue weighted by molar-refractivity contribution is 5.88. The second kappa shape index (κ2) is 6.82. The van der Waals surface area contributed by atoms with Crippen LogP contribution in [0.25, 0.3) is 0 Å². The van der Waals surface area contributed by atoms with Crippen LogP contribution < -0.4 is 10.1 Å². The van der Waals surface area contributed by atoms with E-state index in [0.717, 1.165) is 0 Å². The summed E-state index contributed by atoms with van der Waals surface area (Å²) in [5.41, 5.74) is 0.552. The number of rotatable bonds is 6. The van der Waals surface area contributed by atoms with Crippen molar-refractivity contribution in [3.63, 3.8) is 0 Å². The maximum atomic E-state index is 10.8. The molecule has 0 spiro atoms. The van der Waals surface area contributed by atoms with Gasteiger partial charge < -0.3 is 19.9 Å². The topological polar surface area (TPSA) is 80.7 Å². The van der Waals surface area contributed by atoms with Crippen LogP contribution in [0.1, 0.15) is 6.92 Å². The van der Waals surface area contributed by atoms with E-state index in [1.807, 2.05) is 0 Å². The number of amides is 1. The normalized spacial score (nSPS) is 11.9. The highest BCUT2D eigenvalue weighted by Crippen LogP contribution is 2.15. The summed E-state index contributed by atoms with van der Waals surface area (Å²) >= 11 is 0. The largest absolute Gasteiger partial charge is 0.489 e. The third-order valence-corrected chi connectivity index (χ3v) is 1.83. The number of nitrogens with zero attached hydrogens (tertiary/aromatic N) is 1. The summed E-state index contributed by atoms with van der Waals surface area (Å²) in [5, 5.41) is 12.0. The fraction of sp³-hybridized carbons (Fsp3) is 0.455. The molecule has 17 heavy (non-hydrogen) atoms. The van der Waals surface area contributed by atoms with Crippen molar-refractivity contribution in [2.24, 2.45) is 0 Å². The zero-order chi connectivity index (χ0) is 12.7. The molecule has 0 unspecified atom stereocenters. The number of ether oxygens (including phenoxy) is 2. The van der Waals surface area contributed by atoms with Gasteiger partial charge in [-0.2, -0.15) is 0 Å². The Balaban J connectivity index is 2.50. The lowest BCUT2D eigenvalue weighted by Crippen LogP contribution is -2.22. The lowest BCUT2D eigenvalue weighted by atomic mass is 10.4. The first kappa shape index (κ1) is 13.4. The molecule has 0 aliphatic heterocycles. The number of carbonyl (C=O) groups is 1. The first-order chi connectivity index (χ1) is 8.11. The summed E-state index contributed by atoms with van der Waals surface area (Å²) < 4.78 is 10.1. The van der Waals surface area contributed by atoms with Gasteiger partial charge in [-0.1, -0.05) is 0 Å². The highest BCUT2D eigenvalue weighted by atomic mass is 16.5. The lowest BCUT2D eigenvalue weighted by Gasteiger charge is -2.11. The maximum absolute atomic E-state index is 10.8. The van der Waals surface area contributed by atoms with Crippen LogP contribution in [0.3, 0.4) is 0 Å². The van der Waals surface area contributed by atoms with Gasteiger partial charge in [0.25, 0.3) is 0 Å². The summed E-state index contributed by atoms with van der Waals surface area (Å²) in [4.78, 5) is 14.7. The lowest BCUT2D eigenvalue weighted by molar-refractivity contribution is -0.114. The Kier molecular flexibility index (Phi) is 5.38. The Morgan fingerprint density at radius 2 is 2.29 bits per heavy atom. The Morgan fingerprint density at radius 3 is 2.94 bits per heavy atom. The Hall–Kier alpha value is -1.66. The van der Waals surface area contributed by atoms with Gasteiger partial charge in [0.1, 0.15) is 18.5 Å². The number of pyridine rings is 1. The first-order valence-corrected chi connectivity index (χ1v) is 5.14. The predicted octanol–water partition coefficient (Wildman–Crippen LogP) is 0.426. The van der Waals surface area contributed by atoms with E-state index in [0.29, 0.717) is 11.4 Å². The molecule has 2 N–H and O–H groups in total. The number of hydrogen-bond donors (Lipinski definition) is 2. The van der Waals surface area contributed by atoms with Crippen LogP contribution in [0.5, 0.6) is 5.75 Å². The van der Waals surface area contributed by atoms with Crippen molar-refractivity contribution in [2.75, 3.05) is 25.6 Å². The second-order valence-electron chi connectivity index (χ2n) is 3.51. The van der Waals surface area contributed by atoms with Crippen LogP contribution in [0.15, 0.2) is 18.5 Å². The standard InChI is InChI=1S/C11H16N2O4/c1-8(14)13-9-3-11(5-12-4-9)17-7-10(15)6-16-2/h3-5,10,15H,6-7H2,1-2H3,(H,13,14)/t10-/m1/s1. The van der Waals surface area contributed by atoms with Crippen molar-refractivity contribution in [3.8, 4) is 5.75 Å². The average molecular weight is 240 g/mol. The molecule has 1 aromatic rings. The fourth-order valence-electron chi connectivity index (χ4n) is 1.20. The summed E-state index contributed by atoms with van der Waals surface area (Å²) in [6.07, 6.45) is 2.33. The maximum Gasteiger partial charge on any atom is 0.221 e. The van der Waals surface area contributed by atoms with E-state index < -0.39 is 6.10 Å². The van der Waals surface area contributed by atoms with Crippen LogP contribution in [0, 0.1) is 0 Å². The first-order valence-electron chi connectivity index (χ1n) is 5.14. The Labute approximate surface area is 99.6 Å². The molecule has 1 aromatic heterocycles. The van der Waals surface area contributed by atoms with E-state index in [2.05, 4.69) is 10.3 Å². The molecule has 0 saturated heterocycles. The molecule has 0 aliphatic carbocycles. The summed E-state index contributed by atoms with van der Waals surface area (Å²) in [6.45, 7) is 1.73. The van der Waals surface area contributed by atoms with Crippen LogP contribution in [-0.2, 0) is 9.53 Å². The third kappa shape index (κ3) is 5.28. The number of aliphatic hydroxyl groups is 1. The minimum absolute atomic E-state index is 0.110. The number of carbonyl (C=O) groups excluding carboxylic acids is 1. The molecule has 0 radical (unpaired) electrons. The van der Waals surface area contributed by atoms with Crippen molar-refractivity contribution in [1.82, 2.24) is 4.98 Å². The molecule has 1 heterocycles. The molecule has 6 heteroatoms. The number of aromatic nitrogens is 1. The van der Waals surface area contributed by atoms with Crippen LogP contribution in [-0.4, -0.2) is 42.4 Å². The summed E-state index contributed by atoms with van der Waals surface area (Å²) in [5.74, 6) is 0.301. The molecular formula is C11H16N2O4. The molecule has 0 aliphatic rings. The van der Waals surface area contributed by atoms with Crippen molar-refractivity contribution >= 4 is 11.6 Å². The van der Waals surface area contributed by atoms with Gasteiger partial charge in [0.2, 0.25) is 5.91 Å². The van der Waals surface area contributed by atoms with E-state index >= 15 is 0 Å².